The van der Waals surface area contributed by atoms with Gasteiger partial charge in [-0.05, 0) is 37.6 Å². The predicted octanol–water partition coefficient (Wildman–Crippen LogP) is 5.37. The van der Waals surface area contributed by atoms with Crippen molar-refractivity contribution in [2.24, 2.45) is 0 Å². The summed E-state index contributed by atoms with van der Waals surface area (Å²) in [5, 5.41) is 0. The van der Waals surface area contributed by atoms with Crippen LogP contribution in [0, 0.1) is 0 Å². The monoisotopic (exact) mass is 277 g/mol. The fourth-order valence-corrected chi connectivity index (χ4v) is 2.95. The first kappa shape index (κ1) is 15.1. The third-order valence-electron chi connectivity index (χ3n) is 3.75. The maximum Gasteiger partial charge on any atom is 0.0626 e. The van der Waals surface area contributed by atoms with Crippen molar-refractivity contribution in [2.75, 3.05) is 4.90 Å². The van der Waals surface area contributed by atoms with E-state index in [1.807, 2.05) is 19.1 Å². The second-order valence-corrected chi connectivity index (χ2v) is 5.33. The molecule has 1 aromatic carbocycles. The van der Waals surface area contributed by atoms with Gasteiger partial charge in [-0.15, -0.1) is 6.58 Å². The number of rotatable bonds is 5. The Labute approximate surface area is 128 Å². The Balaban J connectivity index is 2.62. The number of hydrogen-bond donors (Lipinski definition) is 0. The van der Waals surface area contributed by atoms with E-state index < -0.39 is 0 Å². The number of anilines is 1. The van der Waals surface area contributed by atoms with Crippen LogP contribution in [-0.2, 0) is 0 Å². The minimum absolute atomic E-state index is 0.230. The first-order valence-corrected chi connectivity index (χ1v) is 7.27. The van der Waals surface area contributed by atoms with Gasteiger partial charge in [0.15, 0.2) is 0 Å². The zero-order valence-electron chi connectivity index (χ0n) is 12.9. The molecule has 0 aromatic heterocycles. The van der Waals surface area contributed by atoms with Crippen molar-refractivity contribution < 1.29 is 0 Å². The summed E-state index contributed by atoms with van der Waals surface area (Å²) in [6.45, 7) is 16.1. The molecule has 1 aliphatic rings. The molecule has 21 heavy (non-hydrogen) atoms. The van der Waals surface area contributed by atoms with Crippen LogP contribution in [0.1, 0.15) is 25.3 Å². The summed E-state index contributed by atoms with van der Waals surface area (Å²) in [6, 6.07) is 8.73. The molecular formula is C20H23N. The lowest BCUT2D eigenvalue weighted by Gasteiger charge is -2.28. The molecule has 1 heteroatoms. The summed E-state index contributed by atoms with van der Waals surface area (Å²) in [4.78, 5) is 2.32. The zero-order chi connectivity index (χ0) is 15.4. The molecule has 0 bridgehead atoms. The van der Waals surface area contributed by atoms with Gasteiger partial charge in [-0.25, -0.2) is 0 Å². The van der Waals surface area contributed by atoms with Crippen molar-refractivity contribution in [3.05, 3.63) is 91.2 Å². The lowest BCUT2D eigenvalue weighted by atomic mass is 9.95. The van der Waals surface area contributed by atoms with Crippen LogP contribution in [0.15, 0.2) is 85.7 Å². The third kappa shape index (κ3) is 2.78. The predicted molar refractivity (Wildman–Crippen MR) is 93.6 cm³/mol. The topological polar surface area (TPSA) is 3.24 Å². The van der Waals surface area contributed by atoms with Crippen LogP contribution >= 0.6 is 0 Å². The van der Waals surface area contributed by atoms with Crippen LogP contribution in [0.5, 0.6) is 0 Å². The Kier molecular flexibility index (Phi) is 4.64. The highest BCUT2D eigenvalue weighted by molar-refractivity contribution is 5.69. The molecule has 0 spiro atoms. The van der Waals surface area contributed by atoms with Gasteiger partial charge in [-0.3, -0.25) is 0 Å². The van der Waals surface area contributed by atoms with Crippen LogP contribution < -0.4 is 4.90 Å². The molecular weight excluding hydrogens is 254 g/mol. The molecule has 1 aliphatic heterocycles. The third-order valence-corrected chi connectivity index (χ3v) is 3.75. The van der Waals surface area contributed by atoms with E-state index in [0.717, 1.165) is 11.3 Å². The van der Waals surface area contributed by atoms with E-state index in [0.29, 0.717) is 0 Å². The van der Waals surface area contributed by atoms with E-state index in [1.165, 1.54) is 11.3 Å². The largest absolute Gasteiger partial charge is 0.333 e. The fraction of sp³-hybridized carbons (Fsp3) is 0.200. The molecule has 0 saturated heterocycles. The SMILES string of the molecule is C=C/C(=C\C(=C)C)N1c2ccccc2C(C=C)C1/C=C\C. The average molecular weight is 277 g/mol. The highest BCUT2D eigenvalue weighted by Gasteiger charge is 2.35. The van der Waals surface area contributed by atoms with Gasteiger partial charge < -0.3 is 4.90 Å². The highest BCUT2D eigenvalue weighted by atomic mass is 15.2. The quantitative estimate of drug-likeness (QED) is 0.517. The Morgan fingerprint density at radius 1 is 1.24 bits per heavy atom. The standard InChI is InChI=1S/C20H23N/c1-6-11-19-17(8-3)18-12-9-10-13-20(18)21(19)16(7-2)14-15(4)5/h6-14,17,19H,2-4H2,1,5H3/b11-6-,16-14+. The van der Waals surface area contributed by atoms with Crippen LogP contribution in [0.3, 0.4) is 0 Å². The molecule has 2 rings (SSSR count). The van der Waals surface area contributed by atoms with E-state index in [2.05, 4.69) is 74.1 Å². The lowest BCUT2D eigenvalue weighted by Crippen LogP contribution is -2.30. The van der Waals surface area contributed by atoms with Gasteiger partial charge in [0.05, 0.1) is 6.04 Å². The molecule has 1 heterocycles. The zero-order valence-corrected chi connectivity index (χ0v) is 12.9. The van der Waals surface area contributed by atoms with E-state index >= 15 is 0 Å². The number of nitrogens with zero attached hydrogens (tertiary/aromatic N) is 1. The Morgan fingerprint density at radius 3 is 2.52 bits per heavy atom. The lowest BCUT2D eigenvalue weighted by molar-refractivity contribution is 0.736. The molecule has 2 unspecified atom stereocenters. The smallest absolute Gasteiger partial charge is 0.0626 e. The highest BCUT2D eigenvalue weighted by Crippen LogP contribution is 2.44. The van der Waals surface area contributed by atoms with Gasteiger partial charge >= 0.3 is 0 Å². The first-order chi connectivity index (χ1) is 10.1. The minimum atomic E-state index is 0.230. The molecule has 0 fully saturated rings. The second kappa shape index (κ2) is 6.45. The number of allylic oxidation sites excluding steroid dienone is 4. The fourth-order valence-electron chi connectivity index (χ4n) is 2.95. The summed E-state index contributed by atoms with van der Waals surface area (Å²) in [5.74, 6) is 0.283. The van der Waals surface area contributed by atoms with Gasteiger partial charge in [0.1, 0.15) is 0 Å². The van der Waals surface area contributed by atoms with Crippen LogP contribution in [0.2, 0.25) is 0 Å². The molecule has 0 aliphatic carbocycles. The number of hydrogen-bond acceptors (Lipinski definition) is 1. The van der Waals surface area contributed by atoms with Crippen molar-refractivity contribution in [2.45, 2.75) is 25.8 Å². The van der Waals surface area contributed by atoms with E-state index in [4.69, 9.17) is 0 Å². The molecule has 2 atom stereocenters. The molecule has 0 radical (unpaired) electrons. The van der Waals surface area contributed by atoms with Crippen molar-refractivity contribution in [1.29, 1.82) is 0 Å². The van der Waals surface area contributed by atoms with Gasteiger partial charge in [0, 0.05) is 17.3 Å². The molecule has 0 N–H and O–H groups in total. The Morgan fingerprint density at radius 2 is 1.95 bits per heavy atom. The van der Waals surface area contributed by atoms with E-state index in [9.17, 15) is 0 Å². The molecule has 1 aromatic rings. The second-order valence-electron chi connectivity index (χ2n) is 5.33. The number of benzene rings is 1. The maximum absolute atomic E-state index is 4.03. The van der Waals surface area contributed by atoms with Crippen LogP contribution in [0.25, 0.3) is 0 Å². The van der Waals surface area contributed by atoms with Gasteiger partial charge in [0.2, 0.25) is 0 Å². The van der Waals surface area contributed by atoms with Gasteiger partial charge in [-0.2, -0.15) is 0 Å². The maximum atomic E-state index is 4.03. The van der Waals surface area contributed by atoms with Gasteiger partial charge in [-0.1, -0.05) is 55.2 Å². The summed E-state index contributed by atoms with van der Waals surface area (Å²) < 4.78 is 0. The Hall–Kier alpha value is -2.28. The van der Waals surface area contributed by atoms with E-state index in [1.54, 1.807) is 0 Å². The summed E-state index contributed by atoms with van der Waals surface area (Å²) in [6.07, 6.45) is 10.3. The number of para-hydroxylation sites is 1. The molecule has 108 valence electrons. The van der Waals surface area contributed by atoms with Crippen LogP contribution in [0.4, 0.5) is 5.69 Å². The average Bonchev–Trinajstić information content (AvgIpc) is 2.78. The van der Waals surface area contributed by atoms with Crippen molar-refractivity contribution in [1.82, 2.24) is 0 Å². The Bertz CT molecular complexity index is 618. The summed E-state index contributed by atoms with van der Waals surface area (Å²) in [7, 11) is 0. The van der Waals surface area contributed by atoms with Crippen molar-refractivity contribution >= 4 is 5.69 Å². The first-order valence-electron chi connectivity index (χ1n) is 7.27. The summed E-state index contributed by atoms with van der Waals surface area (Å²) >= 11 is 0. The van der Waals surface area contributed by atoms with Crippen molar-refractivity contribution in [3.8, 4) is 0 Å². The number of fused-ring (bicyclic) bond motifs is 1. The molecule has 0 amide bonds. The van der Waals surface area contributed by atoms with Crippen molar-refractivity contribution in [3.63, 3.8) is 0 Å². The molecule has 0 saturated carbocycles. The normalized spacial score (nSPS) is 21.4. The summed E-state index contributed by atoms with van der Waals surface area (Å²) in [5.41, 5.74) is 4.62. The van der Waals surface area contributed by atoms with E-state index in [-0.39, 0.29) is 12.0 Å². The minimum Gasteiger partial charge on any atom is -0.333 e. The van der Waals surface area contributed by atoms with Crippen LogP contribution in [-0.4, -0.2) is 6.04 Å². The molecule has 1 nitrogen and oxygen atoms in total. The van der Waals surface area contributed by atoms with Gasteiger partial charge in [0.25, 0.3) is 0 Å².